The Morgan fingerprint density at radius 3 is 2.65 bits per heavy atom. The number of carbonyl (C=O) groups is 1. The summed E-state index contributed by atoms with van der Waals surface area (Å²) < 4.78 is 39.5. The number of carboxylic acid groups (broad SMARTS) is 1. The normalized spacial score (nSPS) is 13.2. The number of halogens is 4. The number of alkyl halides is 4. The minimum absolute atomic E-state index is 0.0774. The van der Waals surface area contributed by atoms with Crippen molar-refractivity contribution in [3.63, 3.8) is 0 Å². The van der Waals surface area contributed by atoms with E-state index in [4.69, 9.17) is 16.7 Å². The Hall–Kier alpha value is -1.43. The molecule has 0 amide bonds. The number of benzene rings is 1. The predicted molar refractivity (Wildman–Crippen MR) is 54.1 cm³/mol. The van der Waals surface area contributed by atoms with E-state index in [0.717, 1.165) is 12.1 Å². The summed E-state index contributed by atoms with van der Waals surface area (Å²) in [6.45, 7) is 0. The molecule has 1 aromatic carbocycles. The van der Waals surface area contributed by atoms with Crippen LogP contribution in [0.25, 0.3) is 0 Å². The molecule has 0 aromatic heterocycles. The SMILES string of the molecule is O=C(O)C(Cl)Cc1cccc(OC(F)(F)F)c1. The number of hydrogen-bond donors (Lipinski definition) is 1. The van der Waals surface area contributed by atoms with Crippen molar-refractivity contribution in [3.8, 4) is 5.75 Å². The van der Waals surface area contributed by atoms with Crippen LogP contribution in [-0.4, -0.2) is 22.8 Å². The number of hydrogen-bond acceptors (Lipinski definition) is 2. The maximum absolute atomic E-state index is 11.9. The summed E-state index contributed by atoms with van der Waals surface area (Å²) in [4.78, 5) is 10.5. The molecule has 0 aliphatic heterocycles. The first-order valence-corrected chi connectivity index (χ1v) is 4.93. The molecule has 0 spiro atoms. The molecule has 7 heteroatoms. The van der Waals surface area contributed by atoms with Crippen LogP contribution in [-0.2, 0) is 11.2 Å². The van der Waals surface area contributed by atoms with Gasteiger partial charge < -0.3 is 9.84 Å². The maximum Gasteiger partial charge on any atom is 0.573 e. The van der Waals surface area contributed by atoms with E-state index >= 15 is 0 Å². The smallest absolute Gasteiger partial charge is 0.480 e. The van der Waals surface area contributed by atoms with Crippen LogP contribution in [0.15, 0.2) is 24.3 Å². The Bertz CT molecular complexity index is 406. The fraction of sp³-hybridized carbons (Fsp3) is 0.300. The summed E-state index contributed by atoms with van der Waals surface area (Å²) in [5.41, 5.74) is 0.356. The fourth-order valence-corrected chi connectivity index (χ4v) is 1.34. The zero-order valence-corrected chi connectivity index (χ0v) is 9.13. The van der Waals surface area contributed by atoms with Gasteiger partial charge in [0.15, 0.2) is 0 Å². The maximum atomic E-state index is 11.9. The third kappa shape index (κ3) is 4.95. The van der Waals surface area contributed by atoms with E-state index in [-0.39, 0.29) is 6.42 Å². The summed E-state index contributed by atoms with van der Waals surface area (Å²) in [6.07, 6.45) is -4.85. The molecule has 0 heterocycles. The second-order valence-corrected chi connectivity index (χ2v) is 3.73. The highest BCUT2D eigenvalue weighted by Crippen LogP contribution is 2.24. The van der Waals surface area contributed by atoms with Gasteiger partial charge in [-0.05, 0) is 24.1 Å². The summed E-state index contributed by atoms with van der Waals surface area (Å²) >= 11 is 5.47. The van der Waals surface area contributed by atoms with Gasteiger partial charge in [0, 0.05) is 0 Å². The number of ether oxygens (including phenoxy) is 1. The Kier molecular flexibility index (Phi) is 4.22. The quantitative estimate of drug-likeness (QED) is 0.854. The van der Waals surface area contributed by atoms with Gasteiger partial charge >= 0.3 is 12.3 Å². The first-order valence-electron chi connectivity index (χ1n) is 4.49. The van der Waals surface area contributed by atoms with Gasteiger partial charge in [0.1, 0.15) is 11.1 Å². The van der Waals surface area contributed by atoms with Crippen molar-refractivity contribution in [3.05, 3.63) is 29.8 Å². The van der Waals surface area contributed by atoms with Crippen LogP contribution in [0, 0.1) is 0 Å². The van der Waals surface area contributed by atoms with Crippen molar-refractivity contribution < 1.29 is 27.8 Å². The molecule has 0 fully saturated rings. The van der Waals surface area contributed by atoms with E-state index in [9.17, 15) is 18.0 Å². The first kappa shape index (κ1) is 13.6. The largest absolute Gasteiger partial charge is 0.573 e. The third-order valence-electron chi connectivity index (χ3n) is 1.81. The number of carboxylic acids is 1. The predicted octanol–water partition coefficient (Wildman–Crippen LogP) is 2.82. The highest BCUT2D eigenvalue weighted by molar-refractivity contribution is 6.29. The van der Waals surface area contributed by atoms with Crippen molar-refractivity contribution in [2.24, 2.45) is 0 Å². The lowest BCUT2D eigenvalue weighted by Gasteiger charge is -2.10. The molecule has 3 nitrogen and oxygen atoms in total. The van der Waals surface area contributed by atoms with Gasteiger partial charge in [-0.2, -0.15) is 0 Å². The molecule has 0 bridgehead atoms. The number of aliphatic carboxylic acids is 1. The second-order valence-electron chi connectivity index (χ2n) is 3.21. The molecular weight excluding hydrogens is 261 g/mol. The highest BCUT2D eigenvalue weighted by atomic mass is 35.5. The molecule has 94 valence electrons. The lowest BCUT2D eigenvalue weighted by Crippen LogP contribution is -2.18. The Morgan fingerprint density at radius 2 is 2.12 bits per heavy atom. The average Bonchev–Trinajstić information content (AvgIpc) is 2.15. The molecule has 0 saturated carbocycles. The molecule has 1 atom stereocenters. The van der Waals surface area contributed by atoms with Crippen molar-refractivity contribution in [1.82, 2.24) is 0 Å². The lowest BCUT2D eigenvalue weighted by molar-refractivity contribution is -0.274. The van der Waals surface area contributed by atoms with Crippen LogP contribution in [0.2, 0.25) is 0 Å². The van der Waals surface area contributed by atoms with Gasteiger partial charge in [-0.1, -0.05) is 12.1 Å². The standard InChI is InChI=1S/C10H8ClF3O3/c11-8(9(15)16)5-6-2-1-3-7(4-6)17-10(12,13)14/h1-4,8H,5H2,(H,15,16). The van der Waals surface area contributed by atoms with Crippen molar-refractivity contribution in [1.29, 1.82) is 0 Å². The average molecular weight is 269 g/mol. The molecule has 1 N–H and O–H groups in total. The van der Waals surface area contributed by atoms with E-state index in [0.29, 0.717) is 5.56 Å². The molecule has 0 saturated heterocycles. The molecule has 0 radical (unpaired) electrons. The van der Waals surface area contributed by atoms with Crippen LogP contribution in [0.5, 0.6) is 5.75 Å². The van der Waals surface area contributed by atoms with Gasteiger partial charge in [-0.3, -0.25) is 4.79 Å². The monoisotopic (exact) mass is 268 g/mol. The summed E-state index contributed by atoms with van der Waals surface area (Å²) in [7, 11) is 0. The van der Waals surface area contributed by atoms with Crippen LogP contribution < -0.4 is 4.74 Å². The minimum atomic E-state index is -4.77. The van der Waals surface area contributed by atoms with E-state index in [2.05, 4.69) is 4.74 Å². The van der Waals surface area contributed by atoms with E-state index < -0.39 is 23.5 Å². The molecule has 1 rings (SSSR count). The van der Waals surface area contributed by atoms with Gasteiger partial charge in [-0.25, -0.2) is 0 Å². The molecule has 1 unspecified atom stereocenters. The highest BCUT2D eigenvalue weighted by Gasteiger charge is 2.31. The summed E-state index contributed by atoms with van der Waals surface area (Å²) in [5, 5.41) is 7.37. The summed E-state index contributed by atoms with van der Waals surface area (Å²) in [5.74, 6) is -1.63. The zero-order chi connectivity index (χ0) is 13.1. The van der Waals surface area contributed by atoms with Crippen molar-refractivity contribution in [2.75, 3.05) is 0 Å². The van der Waals surface area contributed by atoms with Crippen LogP contribution in [0.3, 0.4) is 0 Å². The lowest BCUT2D eigenvalue weighted by atomic mass is 10.1. The Balaban J connectivity index is 2.76. The zero-order valence-electron chi connectivity index (χ0n) is 8.37. The Morgan fingerprint density at radius 1 is 1.47 bits per heavy atom. The Labute approximate surface area is 99.8 Å². The first-order chi connectivity index (χ1) is 7.78. The topological polar surface area (TPSA) is 46.5 Å². The van der Waals surface area contributed by atoms with Gasteiger partial charge in [0.2, 0.25) is 0 Å². The van der Waals surface area contributed by atoms with E-state index in [1.54, 1.807) is 0 Å². The second kappa shape index (κ2) is 5.27. The molecule has 0 aliphatic carbocycles. The van der Waals surface area contributed by atoms with Crippen molar-refractivity contribution >= 4 is 17.6 Å². The van der Waals surface area contributed by atoms with Crippen molar-refractivity contribution in [2.45, 2.75) is 18.2 Å². The van der Waals surface area contributed by atoms with Crippen LogP contribution >= 0.6 is 11.6 Å². The molecule has 0 aliphatic rings. The minimum Gasteiger partial charge on any atom is -0.480 e. The summed E-state index contributed by atoms with van der Waals surface area (Å²) in [6, 6.07) is 5.04. The van der Waals surface area contributed by atoms with Gasteiger partial charge in [0.25, 0.3) is 0 Å². The van der Waals surface area contributed by atoms with Crippen LogP contribution in [0.1, 0.15) is 5.56 Å². The third-order valence-corrected chi connectivity index (χ3v) is 2.16. The van der Waals surface area contributed by atoms with Gasteiger partial charge in [-0.15, -0.1) is 24.8 Å². The number of rotatable bonds is 4. The molecular formula is C10H8ClF3O3. The van der Waals surface area contributed by atoms with E-state index in [1.165, 1.54) is 12.1 Å². The van der Waals surface area contributed by atoms with Crippen LogP contribution in [0.4, 0.5) is 13.2 Å². The molecule has 17 heavy (non-hydrogen) atoms. The van der Waals surface area contributed by atoms with E-state index in [1.807, 2.05) is 0 Å². The fourth-order valence-electron chi connectivity index (χ4n) is 1.16. The van der Waals surface area contributed by atoms with Gasteiger partial charge in [0.05, 0.1) is 0 Å². The molecule has 1 aromatic rings.